The van der Waals surface area contributed by atoms with Crippen LogP contribution in [0.4, 0.5) is 0 Å². The highest BCUT2D eigenvalue weighted by Crippen LogP contribution is 2.07. The van der Waals surface area contributed by atoms with E-state index < -0.39 is 11.5 Å². The fraction of sp³-hybridized carbons (Fsp3) is 0.917. The highest BCUT2D eigenvalue weighted by atomic mass is 16.6. The number of likely N-dealkylation sites (tertiary alicyclic amines) is 2. The van der Waals surface area contributed by atoms with Crippen LogP contribution in [0.25, 0.3) is 0 Å². The van der Waals surface area contributed by atoms with Crippen molar-refractivity contribution in [1.29, 1.82) is 0 Å². The van der Waals surface area contributed by atoms with Gasteiger partial charge in [0.15, 0.2) is 0 Å². The Balaban J connectivity index is 0.000000211. The third-order valence-electron chi connectivity index (χ3n) is 3.52. The van der Waals surface area contributed by atoms with Gasteiger partial charge in [0.05, 0.1) is 6.54 Å². The maximum Gasteiger partial charge on any atom is 0.294 e. The summed E-state index contributed by atoms with van der Waals surface area (Å²) in [4.78, 5) is 33.7. The Morgan fingerprint density at radius 1 is 0.905 bits per heavy atom. The first-order chi connectivity index (χ1) is 9.99. The molecule has 0 unspecified atom stereocenters. The number of amides is 1. The Morgan fingerprint density at radius 3 is 1.90 bits per heavy atom. The zero-order valence-electron chi connectivity index (χ0n) is 12.1. The second kappa shape index (κ2) is 9.22. The number of carbonyl (C=O) groups excluding carboxylic acids is 1. The summed E-state index contributed by atoms with van der Waals surface area (Å²) in [5.41, 5.74) is 0. The molecule has 2 fully saturated rings. The van der Waals surface area contributed by atoms with Crippen LogP contribution in [0.15, 0.2) is 0 Å². The highest BCUT2D eigenvalue weighted by Gasteiger charge is 2.21. The van der Waals surface area contributed by atoms with Crippen LogP contribution in [-0.4, -0.2) is 71.4 Å². The van der Waals surface area contributed by atoms with Gasteiger partial charge in [-0.2, -0.15) is 0 Å². The summed E-state index contributed by atoms with van der Waals surface area (Å²) in [7, 11) is 0. The molecule has 0 atom stereocenters. The van der Waals surface area contributed by atoms with Crippen molar-refractivity contribution < 1.29 is 14.6 Å². The predicted octanol–water partition coefficient (Wildman–Crippen LogP) is 0.244. The Kier molecular flexibility index (Phi) is 7.59. The van der Waals surface area contributed by atoms with Crippen LogP contribution in [0.3, 0.4) is 0 Å². The van der Waals surface area contributed by atoms with Crippen LogP contribution in [0.2, 0.25) is 0 Å². The molecule has 2 heterocycles. The van der Waals surface area contributed by atoms with Crippen LogP contribution in [0, 0.1) is 20.2 Å². The van der Waals surface area contributed by atoms with Gasteiger partial charge < -0.3 is 4.90 Å². The number of rotatable bonds is 5. The van der Waals surface area contributed by atoms with Gasteiger partial charge in [-0.25, -0.2) is 0 Å². The summed E-state index contributed by atoms with van der Waals surface area (Å²) in [6.45, 7) is 3.65. The molecule has 0 saturated carbocycles. The lowest BCUT2D eigenvalue weighted by molar-refractivity contribution is -0.480. The highest BCUT2D eigenvalue weighted by molar-refractivity contribution is 5.77. The molecule has 2 saturated heterocycles. The Labute approximate surface area is 123 Å². The molecule has 0 aromatic carbocycles. The summed E-state index contributed by atoms with van der Waals surface area (Å²) in [6, 6.07) is 0. The molecular weight excluding hydrogens is 280 g/mol. The van der Waals surface area contributed by atoms with Gasteiger partial charge in [0.1, 0.15) is 0 Å². The van der Waals surface area contributed by atoms with Crippen LogP contribution < -0.4 is 0 Å². The maximum absolute atomic E-state index is 10.9. The second-order valence-electron chi connectivity index (χ2n) is 5.18. The molecule has 0 aliphatic carbocycles. The fourth-order valence-corrected chi connectivity index (χ4v) is 2.41. The van der Waals surface area contributed by atoms with Gasteiger partial charge in [-0.05, 0) is 38.8 Å². The molecule has 0 aromatic rings. The van der Waals surface area contributed by atoms with E-state index in [2.05, 4.69) is 4.90 Å². The van der Waals surface area contributed by atoms with E-state index in [1.807, 2.05) is 0 Å². The van der Waals surface area contributed by atoms with Crippen LogP contribution >= 0.6 is 0 Å². The van der Waals surface area contributed by atoms with E-state index in [1.165, 1.54) is 12.8 Å². The molecule has 2 rings (SSSR count). The lowest BCUT2D eigenvalue weighted by Crippen LogP contribution is -2.32. The quantitative estimate of drug-likeness (QED) is 0.531. The fourth-order valence-electron chi connectivity index (χ4n) is 2.41. The first kappa shape index (κ1) is 17.3. The van der Waals surface area contributed by atoms with E-state index in [4.69, 9.17) is 0 Å². The Morgan fingerprint density at radius 2 is 1.43 bits per heavy atom. The van der Waals surface area contributed by atoms with Crippen molar-refractivity contribution >= 4 is 5.91 Å². The summed E-state index contributed by atoms with van der Waals surface area (Å²) in [5.74, 6) is -0.354. The minimum atomic E-state index is -0.583. The van der Waals surface area contributed by atoms with Crippen LogP contribution in [0.5, 0.6) is 0 Å². The van der Waals surface area contributed by atoms with Gasteiger partial charge >= 0.3 is 0 Å². The van der Waals surface area contributed by atoms with Crippen molar-refractivity contribution in [2.24, 2.45) is 0 Å². The van der Waals surface area contributed by atoms with Crippen molar-refractivity contribution in [3.63, 3.8) is 0 Å². The molecule has 2 aliphatic rings. The Bertz CT molecular complexity index is 365. The lowest BCUT2D eigenvalue weighted by Gasteiger charge is -2.11. The molecule has 0 radical (unpaired) electrons. The van der Waals surface area contributed by atoms with Gasteiger partial charge in [0.2, 0.25) is 6.54 Å². The zero-order valence-corrected chi connectivity index (χ0v) is 12.1. The first-order valence-electron chi connectivity index (χ1n) is 7.23. The number of hydrogen-bond acceptors (Lipinski definition) is 6. The summed E-state index contributed by atoms with van der Waals surface area (Å²) in [5, 5.41) is 19.9. The van der Waals surface area contributed by atoms with Gasteiger partial charge in [0.25, 0.3) is 12.5 Å². The molecule has 120 valence electrons. The van der Waals surface area contributed by atoms with E-state index in [0.29, 0.717) is 19.6 Å². The standard InChI is InChI=1S/C6H10N2O3.C6H12N2O2/c9-6(5-8(10)11)7-3-1-2-4-7;9-8(10)6-5-7-3-1-2-4-7/h1-5H2;1-6H2. The average Bonchev–Trinajstić information content (AvgIpc) is 3.10. The molecule has 9 heteroatoms. The van der Waals surface area contributed by atoms with Crippen molar-refractivity contribution in [1.82, 2.24) is 9.80 Å². The van der Waals surface area contributed by atoms with Crippen molar-refractivity contribution in [3.05, 3.63) is 20.2 Å². The Hall–Kier alpha value is -1.77. The van der Waals surface area contributed by atoms with E-state index >= 15 is 0 Å². The monoisotopic (exact) mass is 302 g/mol. The molecule has 21 heavy (non-hydrogen) atoms. The largest absolute Gasteiger partial charge is 0.337 e. The molecule has 0 spiro atoms. The van der Waals surface area contributed by atoms with Crippen LogP contribution in [-0.2, 0) is 4.79 Å². The third-order valence-corrected chi connectivity index (χ3v) is 3.52. The first-order valence-corrected chi connectivity index (χ1v) is 7.23. The second-order valence-corrected chi connectivity index (χ2v) is 5.18. The third kappa shape index (κ3) is 7.54. The SMILES string of the molecule is O=C(C[N+](=O)[O-])N1CCCC1.O=[N+]([O-])CCN1CCCC1. The molecule has 1 amide bonds. The minimum Gasteiger partial charge on any atom is -0.337 e. The number of nitro groups is 2. The molecule has 0 aromatic heterocycles. The predicted molar refractivity (Wildman–Crippen MR) is 75.2 cm³/mol. The molecular formula is C12H22N4O5. The average molecular weight is 302 g/mol. The van der Waals surface area contributed by atoms with E-state index in [0.717, 1.165) is 25.9 Å². The van der Waals surface area contributed by atoms with Gasteiger partial charge in [-0.3, -0.25) is 29.9 Å². The molecule has 0 bridgehead atoms. The van der Waals surface area contributed by atoms with E-state index in [1.54, 1.807) is 4.90 Å². The number of hydrogen-bond donors (Lipinski definition) is 0. The van der Waals surface area contributed by atoms with E-state index in [-0.39, 0.29) is 17.4 Å². The number of carbonyl (C=O) groups is 1. The normalized spacial score (nSPS) is 18.2. The van der Waals surface area contributed by atoms with Gasteiger partial charge in [-0.1, -0.05) is 0 Å². The summed E-state index contributed by atoms with van der Waals surface area (Å²) >= 11 is 0. The lowest BCUT2D eigenvalue weighted by atomic mass is 10.4. The minimum absolute atomic E-state index is 0.0972. The van der Waals surface area contributed by atoms with Gasteiger partial charge in [0, 0.05) is 22.9 Å². The number of nitrogens with zero attached hydrogens (tertiary/aromatic N) is 4. The van der Waals surface area contributed by atoms with Gasteiger partial charge in [-0.15, -0.1) is 0 Å². The molecule has 9 nitrogen and oxygen atoms in total. The molecule has 2 aliphatic heterocycles. The maximum atomic E-state index is 10.9. The van der Waals surface area contributed by atoms with Crippen molar-refractivity contribution in [2.75, 3.05) is 45.8 Å². The zero-order chi connectivity index (χ0) is 15.7. The van der Waals surface area contributed by atoms with E-state index in [9.17, 15) is 25.0 Å². The van der Waals surface area contributed by atoms with Crippen LogP contribution in [0.1, 0.15) is 25.7 Å². The molecule has 0 N–H and O–H groups in total. The van der Waals surface area contributed by atoms with Crippen molar-refractivity contribution in [2.45, 2.75) is 25.7 Å². The summed E-state index contributed by atoms with van der Waals surface area (Å²) in [6.07, 6.45) is 4.36. The van der Waals surface area contributed by atoms with Crippen molar-refractivity contribution in [3.8, 4) is 0 Å². The smallest absolute Gasteiger partial charge is 0.294 e. The summed E-state index contributed by atoms with van der Waals surface area (Å²) < 4.78 is 0. The topological polar surface area (TPSA) is 110 Å².